The maximum absolute atomic E-state index is 6.23. The lowest BCUT2D eigenvalue weighted by Gasteiger charge is -2.33. The van der Waals surface area contributed by atoms with E-state index in [9.17, 15) is 0 Å². The van der Waals surface area contributed by atoms with Crippen LogP contribution in [0.15, 0.2) is 6.33 Å². The average molecular weight is 429 g/mol. The number of hydrogen-bond donors (Lipinski definition) is 1. The molecule has 0 radical (unpaired) electrons. The third kappa shape index (κ3) is 3.40. The zero-order chi connectivity index (χ0) is 20.9. The monoisotopic (exact) mass is 428 g/mol. The minimum atomic E-state index is -0.192. The molecule has 2 N–H and O–H groups in total. The first-order valence-corrected chi connectivity index (χ1v) is 11.7. The second kappa shape index (κ2) is 7.59. The SMILES string of the molecule is CC[C@H](C)Nc1ncnc2c1sc1[nH+]c(N3CCOCC3)c3c(c12)CC(C)(C)OC3. The van der Waals surface area contributed by atoms with Crippen LogP contribution in [-0.4, -0.2) is 47.9 Å². The number of nitrogens with one attached hydrogen (secondary N) is 2. The molecule has 30 heavy (non-hydrogen) atoms. The summed E-state index contributed by atoms with van der Waals surface area (Å²) < 4.78 is 12.9. The molecule has 0 saturated carbocycles. The van der Waals surface area contributed by atoms with Gasteiger partial charge in [0.1, 0.15) is 29.9 Å². The van der Waals surface area contributed by atoms with Gasteiger partial charge in [-0.25, -0.2) is 15.0 Å². The van der Waals surface area contributed by atoms with Gasteiger partial charge in [0.15, 0.2) is 4.83 Å². The molecule has 8 heteroatoms. The molecule has 160 valence electrons. The van der Waals surface area contributed by atoms with Crippen molar-refractivity contribution in [2.45, 2.75) is 58.8 Å². The molecule has 3 aromatic rings. The van der Waals surface area contributed by atoms with Crippen LogP contribution in [0.4, 0.5) is 11.6 Å². The van der Waals surface area contributed by atoms with Crippen molar-refractivity contribution in [2.75, 3.05) is 36.5 Å². The highest BCUT2D eigenvalue weighted by molar-refractivity contribution is 7.25. The molecule has 1 atom stereocenters. The van der Waals surface area contributed by atoms with Gasteiger partial charge in [-0.15, -0.1) is 0 Å². The first-order valence-electron chi connectivity index (χ1n) is 10.8. The number of ether oxygens (including phenoxy) is 2. The van der Waals surface area contributed by atoms with Crippen molar-refractivity contribution in [3.63, 3.8) is 0 Å². The molecule has 7 nitrogen and oxygen atoms in total. The number of morpholine rings is 1. The second-order valence-electron chi connectivity index (χ2n) is 8.92. The standard InChI is InChI=1S/C22H29N5O2S/c1-5-13(2)25-19-18-17(23-12-24-19)16-14-10-22(3,4)29-11-15(14)20(26-21(16)30-18)27-6-8-28-9-7-27/h12-13H,5-11H2,1-4H3,(H,23,24,25)/p+1/t13-/m0/s1. The predicted octanol–water partition coefficient (Wildman–Crippen LogP) is 3.56. The Morgan fingerprint density at radius 3 is 2.83 bits per heavy atom. The third-order valence-electron chi connectivity index (χ3n) is 6.19. The van der Waals surface area contributed by atoms with Crippen LogP contribution in [0.3, 0.4) is 0 Å². The lowest BCUT2D eigenvalue weighted by Crippen LogP contribution is -2.42. The van der Waals surface area contributed by atoms with Gasteiger partial charge in [-0.1, -0.05) is 18.3 Å². The quantitative estimate of drug-likeness (QED) is 0.685. The molecular weight excluding hydrogens is 398 g/mol. The summed E-state index contributed by atoms with van der Waals surface area (Å²) in [7, 11) is 0. The molecule has 1 fully saturated rings. The fraction of sp³-hybridized carbons (Fsp3) is 0.591. The Morgan fingerprint density at radius 1 is 1.27 bits per heavy atom. The lowest BCUT2D eigenvalue weighted by molar-refractivity contribution is -0.329. The summed E-state index contributed by atoms with van der Waals surface area (Å²) in [6.45, 7) is 12.6. The van der Waals surface area contributed by atoms with E-state index in [1.165, 1.54) is 22.3 Å². The highest BCUT2D eigenvalue weighted by Gasteiger charge is 2.36. The molecule has 3 aromatic heterocycles. The topological polar surface area (TPSA) is 73.7 Å². The summed E-state index contributed by atoms with van der Waals surface area (Å²) in [6, 6.07) is 0.363. The van der Waals surface area contributed by atoms with Crippen molar-refractivity contribution in [1.82, 2.24) is 9.97 Å². The minimum Gasteiger partial charge on any atom is -0.373 e. The van der Waals surface area contributed by atoms with Gasteiger partial charge < -0.3 is 14.8 Å². The van der Waals surface area contributed by atoms with E-state index in [0.29, 0.717) is 12.6 Å². The van der Waals surface area contributed by atoms with E-state index < -0.39 is 0 Å². The Kier molecular flexibility index (Phi) is 5.03. The zero-order valence-corrected chi connectivity index (χ0v) is 19.0. The molecule has 2 aliphatic heterocycles. The van der Waals surface area contributed by atoms with Crippen molar-refractivity contribution >= 4 is 43.4 Å². The number of rotatable bonds is 4. The maximum atomic E-state index is 6.23. The van der Waals surface area contributed by atoms with Gasteiger partial charge in [0.2, 0.25) is 0 Å². The molecule has 0 bridgehead atoms. The molecular formula is C22H30N5O2S+. The van der Waals surface area contributed by atoms with Crippen molar-refractivity contribution in [1.29, 1.82) is 0 Å². The first kappa shape index (κ1) is 19.9. The van der Waals surface area contributed by atoms with Crippen LogP contribution in [-0.2, 0) is 22.5 Å². The van der Waals surface area contributed by atoms with Gasteiger partial charge in [0.25, 0.3) is 5.82 Å². The van der Waals surface area contributed by atoms with E-state index >= 15 is 0 Å². The molecule has 0 amide bonds. The van der Waals surface area contributed by atoms with Crippen molar-refractivity contribution in [2.24, 2.45) is 0 Å². The molecule has 5 rings (SSSR count). The van der Waals surface area contributed by atoms with E-state index in [1.54, 1.807) is 17.7 Å². The van der Waals surface area contributed by atoms with Gasteiger partial charge in [0, 0.05) is 12.5 Å². The number of thiophene rings is 1. The molecule has 0 aliphatic carbocycles. The van der Waals surface area contributed by atoms with Gasteiger partial charge in [-0.3, -0.25) is 4.90 Å². The molecule has 5 heterocycles. The van der Waals surface area contributed by atoms with Crippen molar-refractivity contribution in [3.8, 4) is 0 Å². The second-order valence-corrected chi connectivity index (χ2v) is 9.94. The lowest BCUT2D eigenvalue weighted by atomic mass is 9.90. The number of fused-ring (bicyclic) bond motifs is 5. The van der Waals surface area contributed by atoms with Crippen LogP contribution in [0.25, 0.3) is 20.4 Å². The Bertz CT molecular complexity index is 1090. The summed E-state index contributed by atoms with van der Waals surface area (Å²) in [5.74, 6) is 2.10. The van der Waals surface area contributed by atoms with Gasteiger partial charge in [0.05, 0.1) is 41.9 Å². The summed E-state index contributed by atoms with van der Waals surface area (Å²) in [4.78, 5) is 16.6. The van der Waals surface area contributed by atoms with Crippen LogP contribution in [0.5, 0.6) is 0 Å². The Balaban J connectivity index is 1.74. The van der Waals surface area contributed by atoms with Crippen molar-refractivity contribution in [3.05, 3.63) is 17.5 Å². The molecule has 2 aliphatic rings. The van der Waals surface area contributed by atoms with E-state index in [4.69, 9.17) is 14.5 Å². The Morgan fingerprint density at radius 2 is 2.07 bits per heavy atom. The van der Waals surface area contributed by atoms with E-state index in [1.807, 2.05) is 0 Å². The Labute approximate surface area is 180 Å². The highest BCUT2D eigenvalue weighted by Crippen LogP contribution is 2.42. The van der Waals surface area contributed by atoms with Gasteiger partial charge >= 0.3 is 0 Å². The summed E-state index contributed by atoms with van der Waals surface area (Å²) >= 11 is 1.75. The van der Waals surface area contributed by atoms with E-state index in [2.05, 4.69) is 47.9 Å². The third-order valence-corrected chi connectivity index (χ3v) is 7.29. The minimum absolute atomic E-state index is 0.192. The summed E-state index contributed by atoms with van der Waals surface area (Å²) in [5, 5.41) is 4.79. The van der Waals surface area contributed by atoms with Crippen LogP contribution in [0.1, 0.15) is 45.2 Å². The maximum Gasteiger partial charge on any atom is 0.281 e. The predicted molar refractivity (Wildman–Crippen MR) is 120 cm³/mol. The number of pyridine rings is 1. The van der Waals surface area contributed by atoms with Crippen LogP contribution in [0, 0.1) is 0 Å². The van der Waals surface area contributed by atoms with Gasteiger partial charge in [-0.05, 0) is 32.8 Å². The molecule has 0 spiro atoms. The van der Waals surface area contributed by atoms with Gasteiger partial charge in [-0.2, -0.15) is 0 Å². The smallest absolute Gasteiger partial charge is 0.281 e. The number of hydrogen-bond acceptors (Lipinski definition) is 7. The summed E-state index contributed by atoms with van der Waals surface area (Å²) in [6.07, 6.45) is 3.60. The van der Waals surface area contributed by atoms with E-state index in [0.717, 1.165) is 60.0 Å². The number of H-pyrrole nitrogens is 1. The number of aromatic nitrogens is 3. The zero-order valence-electron chi connectivity index (χ0n) is 18.2. The van der Waals surface area contributed by atoms with E-state index in [-0.39, 0.29) is 5.60 Å². The number of aromatic amines is 1. The van der Waals surface area contributed by atoms with Crippen LogP contribution < -0.4 is 15.2 Å². The fourth-order valence-corrected chi connectivity index (χ4v) is 5.48. The van der Waals surface area contributed by atoms with Crippen LogP contribution >= 0.6 is 11.3 Å². The molecule has 0 unspecified atom stereocenters. The average Bonchev–Trinajstić information content (AvgIpc) is 3.13. The molecule has 0 aromatic carbocycles. The highest BCUT2D eigenvalue weighted by atomic mass is 32.1. The fourth-order valence-electron chi connectivity index (χ4n) is 4.34. The number of nitrogens with zero attached hydrogens (tertiary/aromatic N) is 3. The van der Waals surface area contributed by atoms with Crippen molar-refractivity contribution < 1.29 is 14.5 Å². The first-order chi connectivity index (χ1) is 14.5. The normalized spacial score (nSPS) is 19.8. The Hall–Kier alpha value is -2.03. The largest absolute Gasteiger partial charge is 0.373 e. The molecule has 1 saturated heterocycles. The summed E-state index contributed by atoms with van der Waals surface area (Å²) in [5.41, 5.74) is 3.47. The van der Waals surface area contributed by atoms with Crippen LogP contribution in [0.2, 0.25) is 0 Å². The number of anilines is 2.